The van der Waals surface area contributed by atoms with Gasteiger partial charge in [-0.1, -0.05) is 0 Å². The monoisotopic (exact) mass is 353 g/mol. The molecule has 1 atom stereocenters. The van der Waals surface area contributed by atoms with Crippen LogP contribution in [0.2, 0.25) is 0 Å². The molecule has 0 saturated heterocycles. The Labute approximate surface area is 135 Å². The van der Waals surface area contributed by atoms with Crippen LogP contribution in [-0.4, -0.2) is 32.3 Å². The summed E-state index contributed by atoms with van der Waals surface area (Å²) in [5, 5.41) is 1.81. The first-order chi connectivity index (χ1) is 11.1. The lowest BCUT2D eigenvalue weighted by molar-refractivity contribution is -0.174. The number of amides is 1. The summed E-state index contributed by atoms with van der Waals surface area (Å²) < 4.78 is 71.7. The second-order valence-corrected chi connectivity index (χ2v) is 4.92. The number of hydrogen-bond acceptors (Lipinski definition) is 3. The molecule has 9 heteroatoms. The zero-order valence-corrected chi connectivity index (χ0v) is 13.1. The summed E-state index contributed by atoms with van der Waals surface area (Å²) in [4.78, 5) is 10.9. The standard InChI is InChI=1S/C15H16F5NO3/c1-8(21-14(22)15(18,19)20)4-9-5-12(24-3)10(7-13(16)17)6-11(9)23-2/h5-8H,4H2,1-3H3,(H,21,22). The largest absolute Gasteiger partial charge is 0.496 e. The van der Waals surface area contributed by atoms with Gasteiger partial charge in [0.05, 0.1) is 14.2 Å². The average molecular weight is 353 g/mol. The van der Waals surface area contributed by atoms with Crippen molar-refractivity contribution in [2.45, 2.75) is 25.6 Å². The summed E-state index contributed by atoms with van der Waals surface area (Å²) in [5.74, 6) is -1.76. The molecule has 0 aromatic heterocycles. The molecule has 134 valence electrons. The topological polar surface area (TPSA) is 47.6 Å². The molecular weight excluding hydrogens is 337 g/mol. The van der Waals surface area contributed by atoms with Gasteiger partial charge in [-0.2, -0.15) is 22.0 Å². The van der Waals surface area contributed by atoms with Gasteiger partial charge in [0, 0.05) is 17.7 Å². The molecule has 0 aliphatic rings. The van der Waals surface area contributed by atoms with E-state index in [1.165, 1.54) is 33.3 Å². The van der Waals surface area contributed by atoms with Crippen molar-refractivity contribution in [1.82, 2.24) is 5.32 Å². The number of ether oxygens (including phenoxy) is 2. The van der Waals surface area contributed by atoms with E-state index >= 15 is 0 Å². The number of halogens is 5. The number of carbonyl (C=O) groups is 1. The highest BCUT2D eigenvalue weighted by atomic mass is 19.4. The van der Waals surface area contributed by atoms with Gasteiger partial charge in [0.2, 0.25) is 0 Å². The number of benzene rings is 1. The van der Waals surface area contributed by atoms with E-state index in [2.05, 4.69) is 0 Å². The second-order valence-electron chi connectivity index (χ2n) is 4.92. The summed E-state index contributed by atoms with van der Waals surface area (Å²) in [6.45, 7) is 1.38. The Hall–Kier alpha value is -2.32. The summed E-state index contributed by atoms with van der Waals surface area (Å²) in [6, 6.07) is 1.80. The quantitative estimate of drug-likeness (QED) is 0.796. The van der Waals surface area contributed by atoms with Gasteiger partial charge in [0.1, 0.15) is 11.5 Å². The van der Waals surface area contributed by atoms with Crippen molar-refractivity contribution in [3.05, 3.63) is 29.3 Å². The predicted octanol–water partition coefficient (Wildman–Crippen LogP) is 3.55. The van der Waals surface area contributed by atoms with E-state index in [4.69, 9.17) is 9.47 Å². The van der Waals surface area contributed by atoms with Gasteiger partial charge in [-0.05, 0) is 31.0 Å². The molecule has 0 aliphatic carbocycles. The van der Waals surface area contributed by atoms with Crippen molar-refractivity contribution in [2.24, 2.45) is 0 Å². The molecule has 0 heterocycles. The highest BCUT2D eigenvalue weighted by Gasteiger charge is 2.39. The number of nitrogens with one attached hydrogen (secondary N) is 1. The van der Waals surface area contributed by atoms with E-state index in [9.17, 15) is 26.7 Å². The third-order valence-corrected chi connectivity index (χ3v) is 3.06. The van der Waals surface area contributed by atoms with Crippen LogP contribution in [0.4, 0.5) is 22.0 Å². The van der Waals surface area contributed by atoms with Crippen LogP contribution < -0.4 is 14.8 Å². The molecule has 1 rings (SSSR count). The Balaban J connectivity index is 3.07. The zero-order chi connectivity index (χ0) is 18.5. The molecule has 0 radical (unpaired) electrons. The molecule has 1 N–H and O–H groups in total. The van der Waals surface area contributed by atoms with Gasteiger partial charge in [-0.3, -0.25) is 4.79 Å². The van der Waals surface area contributed by atoms with Gasteiger partial charge in [-0.15, -0.1) is 0 Å². The minimum Gasteiger partial charge on any atom is -0.496 e. The maximum atomic E-state index is 12.4. The fourth-order valence-corrected chi connectivity index (χ4v) is 2.06. The van der Waals surface area contributed by atoms with Crippen molar-refractivity contribution in [2.75, 3.05) is 14.2 Å². The van der Waals surface area contributed by atoms with Crippen LogP contribution in [0, 0.1) is 0 Å². The Kier molecular flexibility index (Phi) is 6.56. The van der Waals surface area contributed by atoms with E-state index in [0.29, 0.717) is 11.6 Å². The van der Waals surface area contributed by atoms with Gasteiger partial charge in [-0.25, -0.2) is 0 Å². The van der Waals surface area contributed by atoms with Gasteiger partial charge < -0.3 is 14.8 Å². The molecule has 24 heavy (non-hydrogen) atoms. The maximum absolute atomic E-state index is 12.4. The molecule has 1 unspecified atom stereocenters. The minimum absolute atomic E-state index is 0.0105. The van der Waals surface area contributed by atoms with E-state index in [1.807, 2.05) is 5.32 Å². The molecular formula is C15H16F5NO3. The molecule has 0 bridgehead atoms. The Morgan fingerprint density at radius 1 is 1.21 bits per heavy atom. The van der Waals surface area contributed by atoms with Crippen molar-refractivity contribution in [3.8, 4) is 11.5 Å². The van der Waals surface area contributed by atoms with Gasteiger partial charge >= 0.3 is 12.1 Å². The number of rotatable bonds is 6. The lowest BCUT2D eigenvalue weighted by atomic mass is 10.0. The van der Waals surface area contributed by atoms with Crippen molar-refractivity contribution in [3.63, 3.8) is 0 Å². The van der Waals surface area contributed by atoms with E-state index in [0.717, 1.165) is 0 Å². The number of hydrogen-bond donors (Lipinski definition) is 1. The van der Waals surface area contributed by atoms with Crippen molar-refractivity contribution >= 4 is 12.0 Å². The SMILES string of the molecule is COc1cc(CC(C)NC(=O)C(F)(F)F)c(OC)cc1C=C(F)F. The first kappa shape index (κ1) is 19.7. The Morgan fingerprint density at radius 2 is 1.79 bits per heavy atom. The number of methoxy groups -OCH3 is 2. The molecule has 4 nitrogen and oxygen atoms in total. The Bertz CT molecular complexity index is 624. The van der Waals surface area contributed by atoms with E-state index in [-0.39, 0.29) is 23.5 Å². The van der Waals surface area contributed by atoms with Crippen LogP contribution in [0.5, 0.6) is 11.5 Å². The summed E-state index contributed by atoms with van der Waals surface area (Å²) in [6.07, 6.45) is -6.35. The molecule has 0 fully saturated rings. The lowest BCUT2D eigenvalue weighted by Gasteiger charge is -2.18. The number of alkyl halides is 3. The molecule has 1 aromatic rings. The summed E-state index contributed by atoms with van der Waals surface area (Å²) in [7, 11) is 2.57. The minimum atomic E-state index is -4.98. The fraction of sp³-hybridized carbons (Fsp3) is 0.400. The predicted molar refractivity (Wildman–Crippen MR) is 77.1 cm³/mol. The van der Waals surface area contributed by atoms with Crippen molar-refractivity contribution in [1.29, 1.82) is 0 Å². The third-order valence-electron chi connectivity index (χ3n) is 3.06. The Morgan fingerprint density at radius 3 is 2.25 bits per heavy atom. The van der Waals surface area contributed by atoms with Crippen LogP contribution in [0.25, 0.3) is 6.08 Å². The van der Waals surface area contributed by atoms with Gasteiger partial charge in [0.25, 0.3) is 6.08 Å². The highest BCUT2D eigenvalue weighted by molar-refractivity contribution is 5.81. The summed E-state index contributed by atoms with van der Waals surface area (Å²) >= 11 is 0. The van der Waals surface area contributed by atoms with Crippen LogP contribution in [0.15, 0.2) is 18.2 Å². The summed E-state index contributed by atoms with van der Waals surface area (Å²) in [5.41, 5.74) is 0.464. The second kappa shape index (κ2) is 7.98. The maximum Gasteiger partial charge on any atom is 0.471 e. The molecule has 1 amide bonds. The lowest BCUT2D eigenvalue weighted by Crippen LogP contribution is -2.42. The first-order valence-electron chi connectivity index (χ1n) is 6.73. The number of carbonyl (C=O) groups excluding carboxylic acids is 1. The van der Waals surface area contributed by atoms with E-state index in [1.54, 1.807) is 0 Å². The van der Waals surface area contributed by atoms with Crippen LogP contribution >= 0.6 is 0 Å². The highest BCUT2D eigenvalue weighted by Crippen LogP contribution is 2.31. The molecule has 0 spiro atoms. The average Bonchev–Trinajstić information content (AvgIpc) is 2.46. The zero-order valence-electron chi connectivity index (χ0n) is 13.1. The van der Waals surface area contributed by atoms with E-state index < -0.39 is 24.2 Å². The fourth-order valence-electron chi connectivity index (χ4n) is 2.06. The van der Waals surface area contributed by atoms with Crippen molar-refractivity contribution < 1.29 is 36.2 Å². The van der Waals surface area contributed by atoms with Crippen LogP contribution in [0.3, 0.4) is 0 Å². The van der Waals surface area contributed by atoms with Gasteiger partial charge in [0.15, 0.2) is 0 Å². The molecule has 0 aliphatic heterocycles. The first-order valence-corrected chi connectivity index (χ1v) is 6.73. The third kappa shape index (κ3) is 5.39. The smallest absolute Gasteiger partial charge is 0.471 e. The molecule has 0 saturated carbocycles. The van der Waals surface area contributed by atoms with Crippen LogP contribution in [0.1, 0.15) is 18.1 Å². The molecule has 1 aromatic carbocycles. The normalized spacial score (nSPS) is 12.3. The van der Waals surface area contributed by atoms with Crippen LogP contribution in [-0.2, 0) is 11.2 Å².